The molecule has 0 aliphatic rings. The van der Waals surface area contributed by atoms with Gasteiger partial charge in [-0.1, -0.05) is 29.8 Å². The molecule has 3 aromatic carbocycles. The summed E-state index contributed by atoms with van der Waals surface area (Å²) in [5.74, 6) is -0.275. The lowest BCUT2D eigenvalue weighted by Crippen LogP contribution is -2.13. The molecular weight excluding hydrogens is 492 g/mol. The molecule has 0 saturated carbocycles. The summed E-state index contributed by atoms with van der Waals surface area (Å²) in [5.41, 5.74) is 3.01. The molecule has 2 N–H and O–H groups in total. The molecule has 34 heavy (non-hydrogen) atoms. The van der Waals surface area contributed by atoms with E-state index in [4.69, 9.17) is 11.6 Å². The minimum absolute atomic E-state index is 0.0956. The minimum atomic E-state index is -3.82. The van der Waals surface area contributed by atoms with Crippen molar-refractivity contribution in [2.45, 2.75) is 4.90 Å². The van der Waals surface area contributed by atoms with Gasteiger partial charge in [0.15, 0.2) is 5.13 Å². The average molecular weight is 513 g/mol. The topological polar surface area (TPSA) is 91.4 Å². The fraction of sp³-hybridized carbons (Fsp3) is 0.0833. The summed E-state index contributed by atoms with van der Waals surface area (Å²) in [7, 11) is 0.0355. The highest BCUT2D eigenvalue weighted by Gasteiger charge is 2.18. The van der Waals surface area contributed by atoms with E-state index in [0.717, 1.165) is 5.69 Å². The molecule has 0 atom stereocenters. The smallest absolute Gasteiger partial charge is 0.261 e. The number of benzene rings is 3. The zero-order chi connectivity index (χ0) is 24.3. The normalized spacial score (nSPS) is 11.1. The van der Waals surface area contributed by atoms with Gasteiger partial charge in [-0.15, -0.1) is 11.3 Å². The van der Waals surface area contributed by atoms with E-state index >= 15 is 0 Å². The van der Waals surface area contributed by atoms with Crippen LogP contribution in [0.5, 0.6) is 0 Å². The summed E-state index contributed by atoms with van der Waals surface area (Å²) in [6.45, 7) is 0. The Balaban J connectivity index is 1.54. The fourth-order valence-electron chi connectivity index (χ4n) is 3.15. The van der Waals surface area contributed by atoms with Crippen molar-refractivity contribution in [1.82, 2.24) is 4.98 Å². The van der Waals surface area contributed by atoms with E-state index in [1.807, 2.05) is 31.1 Å². The summed E-state index contributed by atoms with van der Waals surface area (Å²) in [5, 5.41) is 5.42. The van der Waals surface area contributed by atoms with Gasteiger partial charge in [0.1, 0.15) is 0 Å². The summed E-state index contributed by atoms with van der Waals surface area (Å²) in [6, 6.07) is 20.1. The van der Waals surface area contributed by atoms with Gasteiger partial charge in [0.05, 0.1) is 16.3 Å². The molecule has 10 heteroatoms. The van der Waals surface area contributed by atoms with Crippen molar-refractivity contribution in [3.05, 3.63) is 88.8 Å². The van der Waals surface area contributed by atoms with E-state index in [1.54, 1.807) is 41.8 Å². The molecule has 4 aromatic rings. The Morgan fingerprint density at radius 2 is 1.65 bits per heavy atom. The van der Waals surface area contributed by atoms with E-state index in [2.05, 4.69) is 15.0 Å². The van der Waals surface area contributed by atoms with Crippen molar-refractivity contribution in [2.24, 2.45) is 0 Å². The number of nitrogens with one attached hydrogen (secondary N) is 2. The van der Waals surface area contributed by atoms with Crippen LogP contribution in [0.25, 0.3) is 11.3 Å². The summed E-state index contributed by atoms with van der Waals surface area (Å²) < 4.78 is 28.3. The van der Waals surface area contributed by atoms with Gasteiger partial charge >= 0.3 is 0 Å². The Hall–Kier alpha value is -3.40. The average Bonchev–Trinajstić information content (AvgIpc) is 3.27. The molecule has 0 aliphatic carbocycles. The molecule has 4 rings (SSSR count). The van der Waals surface area contributed by atoms with Crippen molar-refractivity contribution >= 4 is 55.4 Å². The number of carbonyl (C=O) groups excluding carboxylic acids is 1. The van der Waals surface area contributed by atoms with Gasteiger partial charge in [-0.3, -0.25) is 14.8 Å². The number of hydrogen-bond acceptors (Lipinski definition) is 6. The van der Waals surface area contributed by atoms with Crippen LogP contribution in [0.3, 0.4) is 0 Å². The Kier molecular flexibility index (Phi) is 6.87. The molecule has 0 unspecified atom stereocenters. The van der Waals surface area contributed by atoms with Crippen molar-refractivity contribution in [3.8, 4) is 11.3 Å². The second-order valence-electron chi connectivity index (χ2n) is 7.54. The first-order chi connectivity index (χ1) is 16.2. The first-order valence-corrected chi connectivity index (χ1v) is 12.9. The number of nitrogens with zero attached hydrogens (tertiary/aromatic N) is 2. The monoisotopic (exact) mass is 512 g/mol. The fourth-order valence-corrected chi connectivity index (χ4v) is 5.06. The number of aromatic nitrogens is 1. The van der Waals surface area contributed by atoms with E-state index in [0.29, 0.717) is 32.7 Å². The molecule has 0 saturated heterocycles. The molecule has 0 bridgehead atoms. The quantitative estimate of drug-likeness (QED) is 0.337. The van der Waals surface area contributed by atoms with Crippen LogP contribution in [-0.2, 0) is 10.0 Å². The number of amides is 1. The van der Waals surface area contributed by atoms with Crippen LogP contribution >= 0.6 is 22.9 Å². The maximum absolute atomic E-state index is 12.8. The Morgan fingerprint density at radius 1 is 0.971 bits per heavy atom. The van der Waals surface area contributed by atoms with Crippen LogP contribution in [0.4, 0.5) is 16.5 Å². The molecule has 0 aliphatic heterocycles. The first kappa shape index (κ1) is 23.7. The number of sulfonamides is 1. The molecule has 1 aromatic heterocycles. The Labute approximate surface area is 207 Å². The van der Waals surface area contributed by atoms with Gasteiger partial charge in [-0.05, 0) is 54.6 Å². The maximum atomic E-state index is 12.8. The number of thiazole rings is 1. The lowest BCUT2D eigenvalue weighted by molar-refractivity contribution is 0.102. The van der Waals surface area contributed by atoms with Gasteiger partial charge in [-0.25, -0.2) is 13.4 Å². The van der Waals surface area contributed by atoms with Crippen molar-refractivity contribution < 1.29 is 13.2 Å². The summed E-state index contributed by atoms with van der Waals surface area (Å²) in [4.78, 5) is 19.2. The predicted molar refractivity (Wildman–Crippen MR) is 139 cm³/mol. The van der Waals surface area contributed by atoms with Crippen molar-refractivity contribution in [3.63, 3.8) is 0 Å². The highest BCUT2D eigenvalue weighted by molar-refractivity contribution is 7.92. The van der Waals surface area contributed by atoms with Crippen LogP contribution in [0.15, 0.2) is 83.1 Å². The number of halogens is 1. The van der Waals surface area contributed by atoms with Crippen LogP contribution in [0.2, 0.25) is 5.02 Å². The zero-order valence-corrected chi connectivity index (χ0v) is 20.7. The van der Waals surface area contributed by atoms with E-state index in [1.165, 1.54) is 35.6 Å². The molecule has 0 radical (unpaired) electrons. The molecule has 0 spiro atoms. The zero-order valence-electron chi connectivity index (χ0n) is 18.3. The number of rotatable bonds is 7. The van der Waals surface area contributed by atoms with Crippen LogP contribution < -0.4 is 14.9 Å². The van der Waals surface area contributed by atoms with Gasteiger partial charge in [0.25, 0.3) is 15.9 Å². The molecule has 1 heterocycles. The third-order valence-corrected chi connectivity index (χ3v) is 7.33. The third-order valence-electron chi connectivity index (χ3n) is 4.94. The van der Waals surface area contributed by atoms with E-state index < -0.39 is 10.0 Å². The van der Waals surface area contributed by atoms with Crippen LogP contribution in [-0.4, -0.2) is 33.4 Å². The third kappa shape index (κ3) is 5.39. The predicted octanol–water partition coefficient (Wildman–Crippen LogP) is 5.58. The van der Waals surface area contributed by atoms with Crippen molar-refractivity contribution in [2.75, 3.05) is 29.0 Å². The second kappa shape index (κ2) is 9.84. The highest BCUT2D eigenvalue weighted by atomic mass is 35.5. The van der Waals surface area contributed by atoms with Gasteiger partial charge in [0.2, 0.25) is 0 Å². The molecular formula is C24H21ClN4O3S2. The van der Waals surface area contributed by atoms with Gasteiger partial charge in [-0.2, -0.15) is 0 Å². The molecule has 7 nitrogen and oxygen atoms in total. The Bertz CT molecular complexity index is 1420. The first-order valence-electron chi connectivity index (χ1n) is 10.1. The Morgan fingerprint density at radius 3 is 2.32 bits per heavy atom. The second-order valence-corrected chi connectivity index (χ2v) is 10.5. The highest BCUT2D eigenvalue weighted by Crippen LogP contribution is 2.32. The lowest BCUT2D eigenvalue weighted by Gasteiger charge is -2.12. The van der Waals surface area contributed by atoms with Crippen LogP contribution in [0.1, 0.15) is 10.4 Å². The lowest BCUT2D eigenvalue weighted by atomic mass is 10.1. The number of anilines is 3. The summed E-state index contributed by atoms with van der Waals surface area (Å²) >= 11 is 7.13. The SMILES string of the molecule is CN(C)c1ccc(C(=O)Nc2nc(-c3ccccc3NS(=O)(=O)c3ccc(Cl)cc3)cs2)cc1. The molecule has 1 amide bonds. The minimum Gasteiger partial charge on any atom is -0.378 e. The number of carbonyl (C=O) groups is 1. The molecule has 174 valence electrons. The number of hydrogen-bond donors (Lipinski definition) is 2. The number of para-hydroxylation sites is 1. The van der Waals surface area contributed by atoms with E-state index in [-0.39, 0.29) is 10.8 Å². The summed E-state index contributed by atoms with van der Waals surface area (Å²) in [6.07, 6.45) is 0. The molecule has 0 fully saturated rings. The maximum Gasteiger partial charge on any atom is 0.261 e. The largest absolute Gasteiger partial charge is 0.378 e. The van der Waals surface area contributed by atoms with Crippen LogP contribution in [0, 0.1) is 0 Å². The van der Waals surface area contributed by atoms with Gasteiger partial charge < -0.3 is 4.90 Å². The van der Waals surface area contributed by atoms with Crippen molar-refractivity contribution in [1.29, 1.82) is 0 Å². The standard InChI is InChI=1S/C24H21ClN4O3S2/c1-29(2)18-11-7-16(8-12-18)23(30)27-24-26-22(15-33-24)20-5-3-4-6-21(20)28-34(31,32)19-13-9-17(25)10-14-19/h3-15,28H,1-2H3,(H,26,27,30). The van der Waals surface area contributed by atoms with E-state index in [9.17, 15) is 13.2 Å². The van der Waals surface area contributed by atoms with Gasteiger partial charge in [0, 0.05) is 41.3 Å².